The van der Waals surface area contributed by atoms with Crippen LogP contribution in [0.15, 0.2) is 18.2 Å². The molecule has 0 aliphatic rings. The van der Waals surface area contributed by atoms with Crippen molar-refractivity contribution in [2.45, 2.75) is 27.2 Å². The first-order chi connectivity index (χ1) is 7.13. The summed E-state index contributed by atoms with van der Waals surface area (Å²) >= 11 is 0. The van der Waals surface area contributed by atoms with Gasteiger partial charge in [-0.05, 0) is 37.0 Å². The van der Waals surface area contributed by atoms with Gasteiger partial charge >= 0.3 is 0 Å². The highest BCUT2D eigenvalue weighted by atomic mass is 16.5. The summed E-state index contributed by atoms with van der Waals surface area (Å²) in [5.74, 6) is 2.32. The Morgan fingerprint density at radius 3 is 2.53 bits per heavy atom. The van der Waals surface area contributed by atoms with Crippen LogP contribution < -0.4 is 9.47 Å². The molecule has 0 spiro atoms. The van der Waals surface area contributed by atoms with Gasteiger partial charge in [-0.3, -0.25) is 0 Å². The number of methoxy groups -OCH3 is 1. The van der Waals surface area contributed by atoms with Gasteiger partial charge in [0.15, 0.2) is 11.5 Å². The fraction of sp³-hybridized carbons (Fsp3) is 0.538. The van der Waals surface area contributed by atoms with Gasteiger partial charge in [-0.25, -0.2) is 0 Å². The molecular formula is C13H20O2. The van der Waals surface area contributed by atoms with Gasteiger partial charge in [0, 0.05) is 0 Å². The normalized spacial score (nSPS) is 10.5. The summed E-state index contributed by atoms with van der Waals surface area (Å²) in [4.78, 5) is 0. The summed E-state index contributed by atoms with van der Waals surface area (Å²) in [5.41, 5.74) is 1.18. The molecule has 0 aromatic heterocycles. The Bertz CT molecular complexity index is 305. The van der Waals surface area contributed by atoms with Crippen molar-refractivity contribution in [2.24, 2.45) is 5.92 Å². The van der Waals surface area contributed by atoms with Crippen molar-refractivity contribution in [3.63, 3.8) is 0 Å². The molecule has 0 saturated carbocycles. The first-order valence-electron chi connectivity index (χ1n) is 5.41. The average molecular weight is 208 g/mol. The van der Waals surface area contributed by atoms with Gasteiger partial charge in [0.05, 0.1) is 13.7 Å². The van der Waals surface area contributed by atoms with Crippen LogP contribution in [-0.4, -0.2) is 13.7 Å². The molecule has 0 atom stereocenters. The van der Waals surface area contributed by atoms with E-state index in [-0.39, 0.29) is 0 Å². The molecule has 15 heavy (non-hydrogen) atoms. The van der Waals surface area contributed by atoms with Gasteiger partial charge in [-0.1, -0.05) is 19.9 Å². The Morgan fingerprint density at radius 1 is 1.20 bits per heavy atom. The predicted octanol–water partition coefficient (Wildman–Crippen LogP) is 3.43. The lowest BCUT2D eigenvalue weighted by atomic mass is 10.1. The van der Waals surface area contributed by atoms with Crippen molar-refractivity contribution in [1.29, 1.82) is 0 Å². The van der Waals surface area contributed by atoms with Crippen LogP contribution in [0.5, 0.6) is 11.5 Å². The minimum Gasteiger partial charge on any atom is -0.493 e. The maximum Gasteiger partial charge on any atom is 0.161 e. The molecule has 1 rings (SSSR count). The van der Waals surface area contributed by atoms with Crippen molar-refractivity contribution in [1.82, 2.24) is 0 Å². The third-order valence-corrected chi connectivity index (χ3v) is 2.27. The predicted molar refractivity (Wildman–Crippen MR) is 62.7 cm³/mol. The maximum absolute atomic E-state index is 5.67. The average Bonchev–Trinajstić information content (AvgIpc) is 2.19. The number of hydrogen-bond donors (Lipinski definition) is 0. The van der Waals surface area contributed by atoms with E-state index >= 15 is 0 Å². The molecule has 0 heterocycles. The van der Waals surface area contributed by atoms with Crippen LogP contribution in [-0.2, 0) is 0 Å². The lowest BCUT2D eigenvalue weighted by Gasteiger charge is -2.12. The Labute approximate surface area is 92.2 Å². The zero-order valence-electron chi connectivity index (χ0n) is 10.0. The second kappa shape index (κ2) is 5.64. The molecule has 0 bridgehead atoms. The molecule has 0 amide bonds. The second-order valence-electron chi connectivity index (χ2n) is 4.19. The fourth-order valence-corrected chi connectivity index (χ4v) is 1.30. The van der Waals surface area contributed by atoms with E-state index in [9.17, 15) is 0 Å². The van der Waals surface area contributed by atoms with E-state index in [2.05, 4.69) is 13.8 Å². The largest absolute Gasteiger partial charge is 0.493 e. The van der Waals surface area contributed by atoms with Crippen LogP contribution in [0, 0.1) is 12.8 Å². The Morgan fingerprint density at radius 2 is 1.93 bits per heavy atom. The minimum absolute atomic E-state index is 0.668. The van der Waals surface area contributed by atoms with E-state index in [4.69, 9.17) is 9.47 Å². The number of ether oxygens (including phenoxy) is 2. The highest BCUT2D eigenvalue weighted by molar-refractivity contribution is 5.42. The van der Waals surface area contributed by atoms with Gasteiger partial charge in [0.1, 0.15) is 0 Å². The molecular weight excluding hydrogens is 188 g/mol. The molecule has 1 aromatic rings. The summed E-state index contributed by atoms with van der Waals surface area (Å²) in [5, 5.41) is 0. The number of aryl methyl sites for hydroxylation is 1. The van der Waals surface area contributed by atoms with Gasteiger partial charge in [-0.15, -0.1) is 0 Å². The van der Waals surface area contributed by atoms with E-state index in [0.717, 1.165) is 24.5 Å². The molecule has 2 heteroatoms. The van der Waals surface area contributed by atoms with Gasteiger partial charge < -0.3 is 9.47 Å². The molecule has 0 fully saturated rings. The van der Waals surface area contributed by atoms with Crippen LogP contribution in [0.3, 0.4) is 0 Å². The fourth-order valence-electron chi connectivity index (χ4n) is 1.30. The number of rotatable bonds is 5. The molecule has 84 valence electrons. The van der Waals surface area contributed by atoms with E-state index in [1.165, 1.54) is 5.56 Å². The van der Waals surface area contributed by atoms with Gasteiger partial charge in [-0.2, -0.15) is 0 Å². The molecule has 1 aromatic carbocycles. The third kappa shape index (κ3) is 3.82. The number of hydrogen-bond acceptors (Lipinski definition) is 2. The summed E-state index contributed by atoms with van der Waals surface area (Å²) < 4.78 is 10.9. The Hall–Kier alpha value is -1.18. The smallest absolute Gasteiger partial charge is 0.161 e. The van der Waals surface area contributed by atoms with Crippen molar-refractivity contribution in [2.75, 3.05) is 13.7 Å². The highest BCUT2D eigenvalue weighted by Gasteiger charge is 2.04. The van der Waals surface area contributed by atoms with Crippen LogP contribution in [0.1, 0.15) is 25.8 Å². The summed E-state index contributed by atoms with van der Waals surface area (Å²) in [6.07, 6.45) is 1.07. The molecule has 0 saturated heterocycles. The van der Waals surface area contributed by atoms with Gasteiger partial charge in [0.25, 0.3) is 0 Å². The van der Waals surface area contributed by atoms with Crippen LogP contribution in [0.25, 0.3) is 0 Å². The Balaban J connectivity index is 2.60. The molecule has 0 aliphatic heterocycles. The monoisotopic (exact) mass is 208 g/mol. The first-order valence-corrected chi connectivity index (χ1v) is 5.41. The topological polar surface area (TPSA) is 18.5 Å². The minimum atomic E-state index is 0.668. The van der Waals surface area contributed by atoms with E-state index in [1.807, 2.05) is 25.1 Å². The molecule has 0 unspecified atom stereocenters. The van der Waals surface area contributed by atoms with E-state index in [0.29, 0.717) is 5.92 Å². The van der Waals surface area contributed by atoms with Gasteiger partial charge in [0.2, 0.25) is 0 Å². The zero-order valence-corrected chi connectivity index (χ0v) is 10.0. The summed E-state index contributed by atoms with van der Waals surface area (Å²) in [6, 6.07) is 5.99. The molecule has 2 nitrogen and oxygen atoms in total. The van der Waals surface area contributed by atoms with Crippen molar-refractivity contribution in [3.8, 4) is 11.5 Å². The van der Waals surface area contributed by atoms with E-state index in [1.54, 1.807) is 7.11 Å². The van der Waals surface area contributed by atoms with Crippen LogP contribution in [0.2, 0.25) is 0 Å². The zero-order chi connectivity index (χ0) is 11.3. The highest BCUT2D eigenvalue weighted by Crippen LogP contribution is 2.27. The quantitative estimate of drug-likeness (QED) is 0.738. The van der Waals surface area contributed by atoms with E-state index < -0.39 is 0 Å². The molecule has 0 N–H and O–H groups in total. The summed E-state index contributed by atoms with van der Waals surface area (Å²) in [7, 11) is 1.67. The first kappa shape index (κ1) is 11.9. The number of benzene rings is 1. The van der Waals surface area contributed by atoms with Crippen molar-refractivity contribution >= 4 is 0 Å². The standard InChI is InChI=1S/C13H20O2/c1-10(2)7-8-15-12-6-5-11(3)9-13(12)14-4/h5-6,9-10H,7-8H2,1-4H3. The Kier molecular flexibility index (Phi) is 4.47. The lowest BCUT2D eigenvalue weighted by molar-refractivity contribution is 0.273. The van der Waals surface area contributed by atoms with Crippen molar-refractivity contribution in [3.05, 3.63) is 23.8 Å². The maximum atomic E-state index is 5.67. The summed E-state index contributed by atoms with van der Waals surface area (Å²) in [6.45, 7) is 7.17. The van der Waals surface area contributed by atoms with Crippen molar-refractivity contribution < 1.29 is 9.47 Å². The second-order valence-corrected chi connectivity index (χ2v) is 4.19. The van der Waals surface area contributed by atoms with Crippen LogP contribution >= 0.6 is 0 Å². The lowest BCUT2D eigenvalue weighted by Crippen LogP contribution is -2.02. The van der Waals surface area contributed by atoms with Crippen LogP contribution in [0.4, 0.5) is 0 Å². The third-order valence-electron chi connectivity index (χ3n) is 2.27. The SMILES string of the molecule is COc1cc(C)ccc1OCCC(C)C. The molecule has 0 aliphatic carbocycles. The molecule has 0 radical (unpaired) electrons.